The summed E-state index contributed by atoms with van der Waals surface area (Å²) in [5.74, 6) is 0. The third-order valence-electron chi connectivity index (χ3n) is 12.1. The smallest absolute Gasteiger partial charge is 0.295 e. The highest BCUT2D eigenvalue weighted by molar-refractivity contribution is 5.39. The van der Waals surface area contributed by atoms with E-state index in [0.29, 0.717) is 0 Å². The molecule has 6 saturated heterocycles. The van der Waals surface area contributed by atoms with Crippen LogP contribution in [0.25, 0.3) is 0 Å². The quantitative estimate of drug-likeness (QED) is 0.0315. The van der Waals surface area contributed by atoms with Crippen LogP contribution < -0.4 is 0 Å². The Hall–Kier alpha value is -4.18. The maximum Gasteiger partial charge on any atom is 0.295 e. The summed E-state index contributed by atoms with van der Waals surface area (Å²) >= 11 is 0. The number of rotatable bonds is 24. The van der Waals surface area contributed by atoms with Crippen molar-refractivity contribution in [3.8, 4) is 0 Å². The van der Waals surface area contributed by atoms with Gasteiger partial charge < -0.3 is 151 Å². The predicted molar refractivity (Wildman–Crippen MR) is 209 cm³/mol. The molecule has 6 rings (SSSR count). The van der Waals surface area contributed by atoms with Crippen LogP contribution in [0.5, 0.6) is 0 Å². The van der Waals surface area contributed by atoms with Crippen LogP contribution in [-0.4, -0.2) is 300 Å². The number of hydrogen-bond donors (Lipinski definition) is 12. The molecular formula is C38H54O37. The summed E-state index contributed by atoms with van der Waals surface area (Å²) < 4.78 is 98.6. The van der Waals surface area contributed by atoms with Gasteiger partial charge in [0.15, 0.2) is 68.3 Å². The van der Waals surface area contributed by atoms with E-state index in [9.17, 15) is 90.0 Å². The van der Waals surface area contributed by atoms with Crippen molar-refractivity contribution in [1.82, 2.24) is 0 Å². The first kappa shape index (κ1) is 60.1. The molecule has 0 bridgehead atoms. The van der Waals surface area contributed by atoms with Gasteiger partial charge in [0.25, 0.3) is 38.8 Å². The van der Waals surface area contributed by atoms with Crippen molar-refractivity contribution in [2.45, 2.75) is 185 Å². The van der Waals surface area contributed by atoms with Crippen LogP contribution in [0, 0.1) is 0 Å². The minimum absolute atomic E-state index is 0.0880. The molecule has 6 fully saturated rings. The van der Waals surface area contributed by atoms with Crippen molar-refractivity contribution in [1.29, 1.82) is 0 Å². The lowest BCUT2D eigenvalue weighted by Crippen LogP contribution is -2.68. The molecule has 0 radical (unpaired) electrons. The van der Waals surface area contributed by atoms with E-state index in [4.69, 9.17) is 90.0 Å². The molecule has 37 nitrogen and oxygen atoms in total. The molecule has 6 aliphatic rings. The number of carbonyl (C=O) groups excluding carboxylic acids is 6. The monoisotopic (exact) mass is 1100 g/mol. The fourth-order valence-corrected chi connectivity index (χ4v) is 8.33. The number of hydrogen-bond acceptors (Lipinski definition) is 37. The van der Waals surface area contributed by atoms with Crippen LogP contribution in [0.15, 0.2) is 0 Å². The Labute approximate surface area is 418 Å². The van der Waals surface area contributed by atoms with Crippen molar-refractivity contribution < 1.29 is 180 Å². The van der Waals surface area contributed by atoms with E-state index >= 15 is 0 Å². The van der Waals surface area contributed by atoms with Crippen LogP contribution in [-0.2, 0) is 119 Å². The number of aliphatic hydroxyl groups excluding tert-OH is 12. The molecule has 12 N–H and O–H groups in total. The molecule has 0 spiro atoms. The Balaban J connectivity index is 1.12. The molecule has 37 heteroatoms. The topological polar surface area (TPSA) is 521 Å². The molecule has 12 unspecified atom stereocenters. The minimum atomic E-state index is -2.40. The van der Waals surface area contributed by atoms with Crippen LogP contribution in [0.3, 0.4) is 0 Å². The molecule has 0 amide bonds. The van der Waals surface area contributed by atoms with Gasteiger partial charge in [-0.25, -0.2) is 0 Å². The van der Waals surface area contributed by atoms with E-state index in [-0.39, 0.29) is 38.8 Å². The van der Waals surface area contributed by atoms with E-state index in [0.717, 1.165) is 14.2 Å². The van der Waals surface area contributed by atoms with Crippen molar-refractivity contribution in [2.24, 2.45) is 0 Å². The van der Waals surface area contributed by atoms with Gasteiger partial charge in [-0.1, -0.05) is 0 Å². The lowest BCUT2D eigenvalue weighted by atomic mass is 9.99. The third-order valence-corrected chi connectivity index (χ3v) is 12.1. The van der Waals surface area contributed by atoms with Gasteiger partial charge in [0.2, 0.25) is 37.7 Å². The second kappa shape index (κ2) is 26.9. The highest BCUT2D eigenvalue weighted by atomic mass is 16.9. The van der Waals surface area contributed by atoms with Gasteiger partial charge in [-0.05, 0) is 0 Å². The predicted octanol–water partition coefficient (Wildman–Crippen LogP) is -12.0. The zero-order chi connectivity index (χ0) is 55.0. The molecule has 0 aromatic rings. The van der Waals surface area contributed by atoms with Crippen LogP contribution in [0.1, 0.15) is 0 Å². The standard InChI is InChI=1S/C38H54O37/c1-57-21-9(45)16(52)28(71-33(21)59-3-39)66-23-11(47)18(54)30(73-35(23)61-5-41)68-25-13(49)20(56)32(75-37(25)63-7-43)69-26-14(50)19(55)31(74-38(26)64-8-44)67-24-12(48)17(53)29(72-36(24)62-6-42)65-22-10(46)15(51)27(58-2)70-34(22)60-4-40/h3-38,45-56H,1-2H3/t9-,10?,11?,12-,13+,14?,15?,16?,17?,18?,19?,20?,21-,22-,23-,24-,25-,26-,27+,28+,29+,30+,31+,32+,33?,34+,35+,36?,37?,38+/m0/s1. The maximum absolute atomic E-state index is 11.7. The average molecular weight is 1100 g/mol. The first-order valence-electron chi connectivity index (χ1n) is 21.8. The third kappa shape index (κ3) is 12.9. The maximum atomic E-state index is 11.7. The summed E-state index contributed by atoms with van der Waals surface area (Å²) in [5, 5.41) is 132. The average Bonchev–Trinajstić information content (AvgIpc) is 3.38. The van der Waals surface area contributed by atoms with Crippen LogP contribution in [0.4, 0.5) is 0 Å². The van der Waals surface area contributed by atoms with Crippen molar-refractivity contribution in [3.63, 3.8) is 0 Å². The van der Waals surface area contributed by atoms with Gasteiger partial charge in [0.05, 0.1) is 0 Å². The van der Waals surface area contributed by atoms with E-state index in [2.05, 4.69) is 0 Å². The number of ether oxygens (including phenoxy) is 19. The Morgan fingerprint density at radius 3 is 0.600 bits per heavy atom. The highest BCUT2D eigenvalue weighted by Gasteiger charge is 2.59. The second-order valence-electron chi connectivity index (χ2n) is 16.5. The number of aliphatic hydroxyl groups is 12. The molecular weight excluding hydrogens is 1050 g/mol. The van der Waals surface area contributed by atoms with Crippen LogP contribution >= 0.6 is 0 Å². The zero-order valence-corrected chi connectivity index (χ0v) is 38.4. The normalized spacial score (nSPS) is 48.2. The summed E-state index contributed by atoms with van der Waals surface area (Å²) in [6.07, 6.45) is -63.1. The second-order valence-corrected chi connectivity index (χ2v) is 16.5. The molecule has 0 saturated carbocycles. The fourth-order valence-electron chi connectivity index (χ4n) is 8.33. The van der Waals surface area contributed by atoms with Gasteiger partial charge >= 0.3 is 0 Å². The number of carbonyl (C=O) groups is 6. The first-order valence-corrected chi connectivity index (χ1v) is 21.8. The highest BCUT2D eigenvalue weighted by Crippen LogP contribution is 2.37. The molecule has 0 aliphatic carbocycles. The molecule has 428 valence electrons. The summed E-state index contributed by atoms with van der Waals surface area (Å²) in [4.78, 5) is 68.6. The Morgan fingerprint density at radius 2 is 0.413 bits per heavy atom. The van der Waals surface area contributed by atoms with Crippen molar-refractivity contribution in [2.75, 3.05) is 14.2 Å². The lowest BCUT2D eigenvalue weighted by Gasteiger charge is -2.48. The molecule has 0 aromatic heterocycles. The molecule has 30 atom stereocenters. The SMILES string of the molecule is CO[C@@H]1O[C@@H](OC=O)[C@@H](O[C@@H]2OC(OC=O)[C@@H](O[C@@H]3O[C@@H](OC=O)[C@@H](O[C@@H]4OC(OC=O)[C@@H](O[C@@H]5O[C@@H](OC=O)[C@@H](O[C@@H]6OC(OC=O)[C@@H](OC)[C@@H](O)C6O)C(O)C5O)[C@H](O)C4O)C(O)C3O)[C@@H](O)C2O)C(O)C1O. The minimum Gasteiger partial charge on any atom is -0.435 e. The Morgan fingerprint density at radius 1 is 0.240 bits per heavy atom. The Kier molecular flexibility index (Phi) is 21.6. The number of methoxy groups -OCH3 is 2. The van der Waals surface area contributed by atoms with E-state index < -0.39 is 185 Å². The summed E-state index contributed by atoms with van der Waals surface area (Å²) in [6, 6.07) is 0. The van der Waals surface area contributed by atoms with E-state index in [1.165, 1.54) is 0 Å². The lowest BCUT2D eigenvalue weighted by molar-refractivity contribution is -0.429. The molecule has 6 aliphatic heterocycles. The van der Waals surface area contributed by atoms with Gasteiger partial charge in [-0.3, -0.25) is 28.8 Å². The van der Waals surface area contributed by atoms with E-state index in [1.807, 2.05) is 0 Å². The molecule has 6 heterocycles. The van der Waals surface area contributed by atoms with Gasteiger partial charge in [0.1, 0.15) is 79.4 Å². The van der Waals surface area contributed by atoms with Gasteiger partial charge in [-0.15, -0.1) is 0 Å². The van der Waals surface area contributed by atoms with Gasteiger partial charge in [0, 0.05) is 14.2 Å². The zero-order valence-electron chi connectivity index (χ0n) is 38.4. The largest absolute Gasteiger partial charge is 0.435 e. The molecule has 0 aromatic carbocycles. The summed E-state index contributed by atoms with van der Waals surface area (Å²) in [5.41, 5.74) is 0. The van der Waals surface area contributed by atoms with Gasteiger partial charge in [-0.2, -0.15) is 0 Å². The molecule has 75 heavy (non-hydrogen) atoms. The van der Waals surface area contributed by atoms with E-state index in [1.54, 1.807) is 0 Å². The Bertz CT molecular complexity index is 1840. The van der Waals surface area contributed by atoms with Crippen molar-refractivity contribution in [3.05, 3.63) is 0 Å². The summed E-state index contributed by atoms with van der Waals surface area (Å²) in [6.45, 7) is -1.23. The van der Waals surface area contributed by atoms with Crippen molar-refractivity contribution >= 4 is 38.8 Å². The summed E-state index contributed by atoms with van der Waals surface area (Å²) in [7, 11) is 2.15. The first-order chi connectivity index (χ1) is 35.8. The van der Waals surface area contributed by atoms with Crippen LogP contribution in [0.2, 0.25) is 0 Å². The fraction of sp³-hybridized carbons (Fsp3) is 0.842.